The SMILES string of the molecule is CC(C)NC(C)(CN)C1(C)CC1. The van der Waals surface area contributed by atoms with Crippen molar-refractivity contribution in [3.05, 3.63) is 0 Å². The lowest BCUT2D eigenvalue weighted by atomic mass is 9.83. The van der Waals surface area contributed by atoms with Gasteiger partial charge in [0.1, 0.15) is 0 Å². The molecule has 12 heavy (non-hydrogen) atoms. The van der Waals surface area contributed by atoms with E-state index < -0.39 is 0 Å². The van der Waals surface area contributed by atoms with Gasteiger partial charge < -0.3 is 11.1 Å². The van der Waals surface area contributed by atoms with Crippen molar-refractivity contribution in [2.24, 2.45) is 11.1 Å². The summed E-state index contributed by atoms with van der Waals surface area (Å²) in [6.45, 7) is 9.68. The predicted octanol–water partition coefficient (Wildman–Crippen LogP) is 1.50. The summed E-state index contributed by atoms with van der Waals surface area (Å²) in [5, 5.41) is 3.58. The summed E-state index contributed by atoms with van der Waals surface area (Å²) in [4.78, 5) is 0. The molecule has 0 aromatic rings. The lowest BCUT2D eigenvalue weighted by Gasteiger charge is -2.38. The molecule has 0 aromatic heterocycles. The molecule has 0 bridgehead atoms. The van der Waals surface area contributed by atoms with Crippen LogP contribution in [0.2, 0.25) is 0 Å². The van der Waals surface area contributed by atoms with Crippen LogP contribution in [0.3, 0.4) is 0 Å². The Labute approximate surface area is 75.9 Å². The molecule has 0 aromatic carbocycles. The van der Waals surface area contributed by atoms with Crippen molar-refractivity contribution in [1.82, 2.24) is 5.32 Å². The first-order valence-corrected chi connectivity index (χ1v) is 4.91. The van der Waals surface area contributed by atoms with E-state index in [0.29, 0.717) is 11.5 Å². The second-order valence-electron chi connectivity index (χ2n) is 4.90. The van der Waals surface area contributed by atoms with Crippen LogP contribution in [0.5, 0.6) is 0 Å². The fraction of sp³-hybridized carbons (Fsp3) is 1.00. The van der Waals surface area contributed by atoms with Gasteiger partial charge in [0, 0.05) is 18.1 Å². The van der Waals surface area contributed by atoms with E-state index in [-0.39, 0.29) is 5.54 Å². The Morgan fingerprint density at radius 3 is 2.25 bits per heavy atom. The molecule has 0 aliphatic heterocycles. The maximum atomic E-state index is 5.82. The maximum absolute atomic E-state index is 5.82. The maximum Gasteiger partial charge on any atom is 0.0331 e. The van der Waals surface area contributed by atoms with Crippen LogP contribution in [-0.2, 0) is 0 Å². The van der Waals surface area contributed by atoms with Crippen LogP contribution in [0.25, 0.3) is 0 Å². The molecule has 0 spiro atoms. The second-order valence-corrected chi connectivity index (χ2v) is 4.90. The molecule has 1 rings (SSSR count). The van der Waals surface area contributed by atoms with Gasteiger partial charge in [0.25, 0.3) is 0 Å². The van der Waals surface area contributed by atoms with Crippen molar-refractivity contribution in [2.75, 3.05) is 6.54 Å². The summed E-state index contributed by atoms with van der Waals surface area (Å²) in [6, 6.07) is 0.524. The smallest absolute Gasteiger partial charge is 0.0331 e. The van der Waals surface area contributed by atoms with Crippen LogP contribution in [-0.4, -0.2) is 18.1 Å². The van der Waals surface area contributed by atoms with Gasteiger partial charge >= 0.3 is 0 Å². The quantitative estimate of drug-likeness (QED) is 0.671. The lowest BCUT2D eigenvalue weighted by Crippen LogP contribution is -2.56. The van der Waals surface area contributed by atoms with Gasteiger partial charge in [-0.1, -0.05) is 20.8 Å². The minimum Gasteiger partial charge on any atom is -0.329 e. The molecule has 0 saturated heterocycles. The third-order valence-corrected chi connectivity index (χ3v) is 3.35. The zero-order chi connectivity index (χ0) is 9.41. The zero-order valence-electron chi connectivity index (χ0n) is 8.78. The zero-order valence-corrected chi connectivity index (χ0v) is 8.78. The third kappa shape index (κ3) is 1.64. The van der Waals surface area contributed by atoms with E-state index in [1.165, 1.54) is 12.8 Å². The Morgan fingerprint density at radius 2 is 2.00 bits per heavy atom. The highest BCUT2D eigenvalue weighted by atomic mass is 15.0. The first-order valence-electron chi connectivity index (χ1n) is 4.91. The fourth-order valence-electron chi connectivity index (χ4n) is 1.86. The highest BCUT2D eigenvalue weighted by Gasteiger charge is 2.52. The standard InChI is InChI=1S/C10H22N2/c1-8(2)12-10(4,7-11)9(3)5-6-9/h8,12H,5-7,11H2,1-4H3. The minimum absolute atomic E-state index is 0.140. The molecule has 1 aliphatic rings. The van der Waals surface area contributed by atoms with E-state index in [0.717, 1.165) is 6.54 Å². The van der Waals surface area contributed by atoms with Gasteiger partial charge in [0.2, 0.25) is 0 Å². The Bertz CT molecular complexity index is 161. The van der Waals surface area contributed by atoms with E-state index in [1.807, 2.05) is 0 Å². The predicted molar refractivity (Wildman–Crippen MR) is 53.1 cm³/mol. The Balaban J connectivity index is 2.62. The fourth-order valence-corrected chi connectivity index (χ4v) is 1.86. The molecule has 1 atom stereocenters. The van der Waals surface area contributed by atoms with E-state index in [1.54, 1.807) is 0 Å². The highest BCUT2D eigenvalue weighted by molar-refractivity contribution is 5.08. The van der Waals surface area contributed by atoms with E-state index >= 15 is 0 Å². The molecule has 0 heterocycles. The van der Waals surface area contributed by atoms with Crippen molar-refractivity contribution in [3.8, 4) is 0 Å². The van der Waals surface area contributed by atoms with Crippen molar-refractivity contribution >= 4 is 0 Å². The summed E-state index contributed by atoms with van der Waals surface area (Å²) in [5.74, 6) is 0. The van der Waals surface area contributed by atoms with Crippen molar-refractivity contribution in [3.63, 3.8) is 0 Å². The van der Waals surface area contributed by atoms with E-state index in [4.69, 9.17) is 5.73 Å². The van der Waals surface area contributed by atoms with Gasteiger partial charge in [-0.15, -0.1) is 0 Å². The average Bonchev–Trinajstić information content (AvgIpc) is 2.68. The first kappa shape index (κ1) is 10.0. The molecule has 72 valence electrons. The number of nitrogens with one attached hydrogen (secondary N) is 1. The minimum atomic E-state index is 0.140. The normalized spacial score (nSPS) is 25.5. The molecule has 2 nitrogen and oxygen atoms in total. The second kappa shape index (κ2) is 3.00. The van der Waals surface area contributed by atoms with Crippen LogP contribution in [0.1, 0.15) is 40.5 Å². The molecule has 1 saturated carbocycles. The summed E-state index contributed by atoms with van der Waals surface area (Å²) >= 11 is 0. The Morgan fingerprint density at radius 1 is 1.50 bits per heavy atom. The van der Waals surface area contributed by atoms with Gasteiger partial charge in [-0.25, -0.2) is 0 Å². The Kier molecular flexibility index (Phi) is 2.50. The topological polar surface area (TPSA) is 38.0 Å². The molecule has 1 fully saturated rings. The summed E-state index contributed by atoms with van der Waals surface area (Å²) in [5.41, 5.74) is 6.41. The number of hydrogen-bond donors (Lipinski definition) is 2. The van der Waals surface area contributed by atoms with Gasteiger partial charge in [-0.2, -0.15) is 0 Å². The monoisotopic (exact) mass is 170 g/mol. The molecule has 0 amide bonds. The highest BCUT2D eigenvalue weighted by Crippen LogP contribution is 2.53. The van der Waals surface area contributed by atoms with Gasteiger partial charge in [-0.05, 0) is 25.2 Å². The summed E-state index contributed by atoms with van der Waals surface area (Å²) in [7, 11) is 0. The molecule has 1 aliphatic carbocycles. The van der Waals surface area contributed by atoms with Gasteiger partial charge in [-0.3, -0.25) is 0 Å². The largest absolute Gasteiger partial charge is 0.329 e. The van der Waals surface area contributed by atoms with Crippen molar-refractivity contribution < 1.29 is 0 Å². The molecular weight excluding hydrogens is 148 g/mol. The lowest BCUT2D eigenvalue weighted by molar-refractivity contribution is 0.215. The van der Waals surface area contributed by atoms with Crippen LogP contribution in [0, 0.1) is 5.41 Å². The molecule has 0 radical (unpaired) electrons. The van der Waals surface area contributed by atoms with E-state index in [9.17, 15) is 0 Å². The summed E-state index contributed by atoms with van der Waals surface area (Å²) < 4.78 is 0. The van der Waals surface area contributed by atoms with Crippen LogP contribution < -0.4 is 11.1 Å². The van der Waals surface area contributed by atoms with Crippen molar-refractivity contribution in [2.45, 2.75) is 52.1 Å². The van der Waals surface area contributed by atoms with E-state index in [2.05, 4.69) is 33.0 Å². The number of rotatable bonds is 4. The van der Waals surface area contributed by atoms with Crippen molar-refractivity contribution in [1.29, 1.82) is 0 Å². The third-order valence-electron chi connectivity index (χ3n) is 3.35. The number of nitrogens with two attached hydrogens (primary N) is 1. The van der Waals surface area contributed by atoms with Crippen LogP contribution in [0.4, 0.5) is 0 Å². The Hall–Kier alpha value is -0.0800. The molecular formula is C10H22N2. The van der Waals surface area contributed by atoms with Crippen LogP contribution in [0.15, 0.2) is 0 Å². The van der Waals surface area contributed by atoms with Gasteiger partial charge in [0.15, 0.2) is 0 Å². The average molecular weight is 170 g/mol. The number of hydrogen-bond acceptors (Lipinski definition) is 2. The molecule has 3 N–H and O–H groups in total. The molecule has 1 unspecified atom stereocenters. The first-order chi connectivity index (χ1) is 5.43. The summed E-state index contributed by atoms with van der Waals surface area (Å²) in [6.07, 6.45) is 2.64. The van der Waals surface area contributed by atoms with Gasteiger partial charge in [0.05, 0.1) is 0 Å². The molecule has 2 heteroatoms. The van der Waals surface area contributed by atoms with Crippen LogP contribution >= 0.6 is 0 Å².